The predicted molar refractivity (Wildman–Crippen MR) is 68.8 cm³/mol. The first kappa shape index (κ1) is 14.1. The third kappa shape index (κ3) is 4.44. The molecule has 96 valence electrons. The lowest BCUT2D eigenvalue weighted by molar-refractivity contribution is 0.103. The number of rotatable bonds is 8. The quantitative estimate of drug-likeness (QED) is 0.697. The highest BCUT2D eigenvalue weighted by molar-refractivity contribution is 5.19. The summed E-state index contributed by atoms with van der Waals surface area (Å²) in [7, 11) is 1.68. The number of hydrogen-bond donors (Lipinski definition) is 2. The van der Waals surface area contributed by atoms with E-state index < -0.39 is 0 Å². The van der Waals surface area contributed by atoms with E-state index in [1.54, 1.807) is 7.11 Å². The van der Waals surface area contributed by atoms with Crippen molar-refractivity contribution >= 4 is 0 Å². The zero-order valence-corrected chi connectivity index (χ0v) is 10.4. The van der Waals surface area contributed by atoms with Gasteiger partial charge >= 0.3 is 0 Å². The van der Waals surface area contributed by atoms with Crippen LogP contribution in [-0.4, -0.2) is 50.0 Å². The van der Waals surface area contributed by atoms with Gasteiger partial charge in [-0.25, -0.2) is 0 Å². The number of hydrogen-bond acceptors (Lipinski definition) is 4. The molecule has 0 aromatic heterocycles. The molecule has 0 saturated carbocycles. The van der Waals surface area contributed by atoms with Crippen LogP contribution in [0.3, 0.4) is 0 Å². The average Bonchev–Trinajstić information content (AvgIpc) is 2.38. The molecule has 0 amide bonds. The standard InChI is InChI=1S/C13H22N2O2/c1-17-10-8-15(7-9-16)13(11-14)12-5-3-2-4-6-12/h2-6,13,16H,7-11,14H2,1H3. The first-order valence-corrected chi connectivity index (χ1v) is 5.92. The highest BCUT2D eigenvalue weighted by Gasteiger charge is 2.17. The van der Waals surface area contributed by atoms with Gasteiger partial charge in [-0.3, -0.25) is 4.90 Å². The molecule has 1 unspecified atom stereocenters. The molecule has 1 aromatic carbocycles. The summed E-state index contributed by atoms with van der Waals surface area (Å²) in [6.07, 6.45) is 0. The van der Waals surface area contributed by atoms with Crippen LogP contribution >= 0.6 is 0 Å². The molecule has 0 bridgehead atoms. The molecular formula is C13H22N2O2. The third-order valence-electron chi connectivity index (χ3n) is 2.82. The van der Waals surface area contributed by atoms with E-state index in [0.717, 1.165) is 6.54 Å². The van der Waals surface area contributed by atoms with Crippen molar-refractivity contribution in [2.75, 3.05) is 40.0 Å². The summed E-state index contributed by atoms with van der Waals surface area (Å²) in [6.45, 7) is 2.69. The maximum absolute atomic E-state index is 9.10. The number of nitrogens with zero attached hydrogens (tertiary/aromatic N) is 1. The number of nitrogens with two attached hydrogens (primary N) is 1. The van der Waals surface area contributed by atoms with Crippen LogP contribution in [-0.2, 0) is 4.74 Å². The van der Waals surface area contributed by atoms with Crippen molar-refractivity contribution < 1.29 is 9.84 Å². The lowest BCUT2D eigenvalue weighted by Crippen LogP contribution is -2.38. The Bertz CT molecular complexity index is 293. The van der Waals surface area contributed by atoms with Crippen LogP contribution in [0.25, 0.3) is 0 Å². The van der Waals surface area contributed by atoms with E-state index in [1.165, 1.54) is 5.56 Å². The number of methoxy groups -OCH3 is 1. The van der Waals surface area contributed by atoms with E-state index in [2.05, 4.69) is 17.0 Å². The second kappa shape index (κ2) is 8.20. The van der Waals surface area contributed by atoms with Crippen molar-refractivity contribution in [3.63, 3.8) is 0 Å². The Morgan fingerprint density at radius 1 is 1.29 bits per heavy atom. The SMILES string of the molecule is COCCN(CCO)C(CN)c1ccccc1. The zero-order chi connectivity index (χ0) is 12.5. The van der Waals surface area contributed by atoms with E-state index in [-0.39, 0.29) is 12.6 Å². The molecule has 17 heavy (non-hydrogen) atoms. The monoisotopic (exact) mass is 238 g/mol. The molecule has 0 aliphatic heterocycles. The van der Waals surface area contributed by atoms with Crippen LogP contribution in [0.1, 0.15) is 11.6 Å². The minimum absolute atomic E-state index is 0.132. The number of ether oxygens (including phenoxy) is 1. The van der Waals surface area contributed by atoms with Gasteiger partial charge in [-0.05, 0) is 5.56 Å². The van der Waals surface area contributed by atoms with Gasteiger partial charge < -0.3 is 15.6 Å². The van der Waals surface area contributed by atoms with Gasteiger partial charge in [0.2, 0.25) is 0 Å². The highest BCUT2D eigenvalue weighted by Crippen LogP contribution is 2.18. The molecule has 1 atom stereocenters. The highest BCUT2D eigenvalue weighted by atomic mass is 16.5. The second-order valence-corrected chi connectivity index (χ2v) is 3.91. The molecule has 3 N–H and O–H groups in total. The minimum Gasteiger partial charge on any atom is -0.395 e. The van der Waals surface area contributed by atoms with Gasteiger partial charge in [0.15, 0.2) is 0 Å². The van der Waals surface area contributed by atoms with Gasteiger partial charge in [0.25, 0.3) is 0 Å². The van der Waals surface area contributed by atoms with Crippen molar-refractivity contribution in [3.05, 3.63) is 35.9 Å². The van der Waals surface area contributed by atoms with Crippen molar-refractivity contribution in [3.8, 4) is 0 Å². The molecule has 0 aliphatic rings. The Balaban J connectivity index is 2.73. The topological polar surface area (TPSA) is 58.7 Å². The van der Waals surface area contributed by atoms with Gasteiger partial charge in [-0.15, -0.1) is 0 Å². The fourth-order valence-corrected chi connectivity index (χ4v) is 1.93. The number of benzene rings is 1. The Hall–Kier alpha value is -0.940. The van der Waals surface area contributed by atoms with Crippen LogP contribution in [0.15, 0.2) is 30.3 Å². The zero-order valence-electron chi connectivity index (χ0n) is 10.4. The molecule has 0 fully saturated rings. The fourth-order valence-electron chi connectivity index (χ4n) is 1.93. The Kier molecular flexibility index (Phi) is 6.81. The van der Waals surface area contributed by atoms with Crippen molar-refractivity contribution in [1.82, 2.24) is 4.90 Å². The summed E-state index contributed by atoms with van der Waals surface area (Å²) >= 11 is 0. The maximum Gasteiger partial charge on any atom is 0.0589 e. The second-order valence-electron chi connectivity index (χ2n) is 3.91. The summed E-state index contributed by atoms with van der Waals surface area (Å²) in [4.78, 5) is 2.15. The van der Waals surface area contributed by atoms with Gasteiger partial charge in [-0.2, -0.15) is 0 Å². The molecule has 0 saturated heterocycles. The Labute approximate surface area is 103 Å². The smallest absolute Gasteiger partial charge is 0.0589 e. The summed E-state index contributed by atoms with van der Waals surface area (Å²) in [5.74, 6) is 0. The molecule has 4 nitrogen and oxygen atoms in total. The lowest BCUT2D eigenvalue weighted by atomic mass is 10.1. The van der Waals surface area contributed by atoms with E-state index >= 15 is 0 Å². The van der Waals surface area contributed by atoms with Crippen LogP contribution in [0.4, 0.5) is 0 Å². The van der Waals surface area contributed by atoms with E-state index in [0.29, 0.717) is 19.7 Å². The largest absolute Gasteiger partial charge is 0.395 e. The third-order valence-corrected chi connectivity index (χ3v) is 2.82. The summed E-state index contributed by atoms with van der Waals surface area (Å²) < 4.78 is 5.09. The average molecular weight is 238 g/mol. The van der Waals surface area contributed by atoms with Gasteiger partial charge in [-0.1, -0.05) is 30.3 Å². The van der Waals surface area contributed by atoms with Crippen LogP contribution < -0.4 is 5.73 Å². The maximum atomic E-state index is 9.10. The predicted octanol–water partition coefficient (Wildman–Crippen LogP) is 0.627. The molecule has 0 spiro atoms. The van der Waals surface area contributed by atoms with Gasteiger partial charge in [0.05, 0.1) is 13.2 Å². The lowest BCUT2D eigenvalue weighted by Gasteiger charge is -2.30. The first-order chi connectivity index (χ1) is 8.33. The number of aliphatic hydroxyl groups excluding tert-OH is 1. The normalized spacial score (nSPS) is 12.9. The van der Waals surface area contributed by atoms with E-state index in [9.17, 15) is 0 Å². The Morgan fingerprint density at radius 2 is 2.00 bits per heavy atom. The first-order valence-electron chi connectivity index (χ1n) is 5.92. The van der Waals surface area contributed by atoms with Gasteiger partial charge in [0.1, 0.15) is 0 Å². The van der Waals surface area contributed by atoms with Crippen LogP contribution in [0, 0.1) is 0 Å². The minimum atomic E-state index is 0.132. The van der Waals surface area contributed by atoms with Crippen LogP contribution in [0.5, 0.6) is 0 Å². The van der Waals surface area contributed by atoms with Gasteiger partial charge in [0, 0.05) is 32.8 Å². The molecule has 1 rings (SSSR count). The Morgan fingerprint density at radius 3 is 2.53 bits per heavy atom. The number of aliphatic hydroxyl groups is 1. The molecule has 4 heteroatoms. The van der Waals surface area contributed by atoms with Crippen molar-refractivity contribution in [2.45, 2.75) is 6.04 Å². The fraction of sp³-hybridized carbons (Fsp3) is 0.538. The van der Waals surface area contributed by atoms with E-state index in [1.807, 2.05) is 18.2 Å². The summed E-state index contributed by atoms with van der Waals surface area (Å²) in [5.41, 5.74) is 7.02. The molecular weight excluding hydrogens is 216 g/mol. The van der Waals surface area contributed by atoms with Crippen molar-refractivity contribution in [1.29, 1.82) is 0 Å². The molecule has 1 aromatic rings. The molecule has 0 radical (unpaired) electrons. The molecule has 0 aliphatic carbocycles. The van der Waals surface area contributed by atoms with E-state index in [4.69, 9.17) is 15.6 Å². The van der Waals surface area contributed by atoms with Crippen molar-refractivity contribution in [2.24, 2.45) is 5.73 Å². The summed E-state index contributed by atoms with van der Waals surface area (Å²) in [6, 6.07) is 10.3. The summed E-state index contributed by atoms with van der Waals surface area (Å²) in [5, 5.41) is 9.10. The van der Waals surface area contributed by atoms with Crippen LogP contribution in [0.2, 0.25) is 0 Å². The molecule has 0 heterocycles.